The van der Waals surface area contributed by atoms with E-state index < -0.39 is 0 Å². The minimum Gasteiger partial charge on any atom is -0.494 e. The fourth-order valence-corrected chi connectivity index (χ4v) is 2.18. The van der Waals surface area contributed by atoms with Gasteiger partial charge < -0.3 is 14.2 Å². The lowest BCUT2D eigenvalue weighted by atomic mass is 10.1. The Morgan fingerprint density at radius 3 is 2.39 bits per heavy atom. The molecule has 0 aliphatic heterocycles. The molecule has 0 saturated heterocycles. The summed E-state index contributed by atoms with van der Waals surface area (Å²) in [5.41, 5.74) is 1.53. The maximum Gasteiger partial charge on any atom is 0.192 e. The fourth-order valence-electron chi connectivity index (χ4n) is 2.18. The maximum atomic E-state index is 12.4. The van der Waals surface area contributed by atoms with E-state index in [1.54, 1.807) is 18.2 Å². The van der Waals surface area contributed by atoms with Gasteiger partial charge in [-0.2, -0.15) is 0 Å². The second-order valence-electron chi connectivity index (χ2n) is 4.93. The third-order valence-electron chi connectivity index (χ3n) is 3.21. The van der Waals surface area contributed by atoms with Crippen LogP contribution in [-0.4, -0.2) is 25.6 Å². The van der Waals surface area contributed by atoms with Crippen molar-refractivity contribution in [3.8, 4) is 11.5 Å². The van der Waals surface area contributed by atoms with E-state index in [-0.39, 0.29) is 12.4 Å². The van der Waals surface area contributed by atoms with Gasteiger partial charge in [-0.1, -0.05) is 30.3 Å². The van der Waals surface area contributed by atoms with Gasteiger partial charge in [0.15, 0.2) is 5.78 Å². The maximum absolute atomic E-state index is 12.4. The molecule has 0 amide bonds. The second-order valence-corrected chi connectivity index (χ2v) is 4.93. The summed E-state index contributed by atoms with van der Waals surface area (Å²) in [4.78, 5) is 12.4. The first-order chi connectivity index (χ1) is 11.2. The van der Waals surface area contributed by atoms with Crippen molar-refractivity contribution >= 4 is 5.78 Å². The minimum absolute atomic E-state index is 0.00451. The van der Waals surface area contributed by atoms with Crippen molar-refractivity contribution in [2.24, 2.45) is 0 Å². The van der Waals surface area contributed by atoms with Gasteiger partial charge in [-0.3, -0.25) is 4.79 Å². The van der Waals surface area contributed by atoms with Gasteiger partial charge in [0.2, 0.25) is 0 Å². The Labute approximate surface area is 137 Å². The molecule has 0 heterocycles. The quantitative estimate of drug-likeness (QED) is 0.659. The van der Waals surface area contributed by atoms with Gasteiger partial charge in [0.1, 0.15) is 18.1 Å². The van der Waals surface area contributed by atoms with E-state index >= 15 is 0 Å². The molecule has 0 N–H and O–H groups in total. The van der Waals surface area contributed by atoms with E-state index in [2.05, 4.69) is 0 Å². The van der Waals surface area contributed by atoms with Gasteiger partial charge in [-0.05, 0) is 37.6 Å². The summed E-state index contributed by atoms with van der Waals surface area (Å²) >= 11 is 0. The summed E-state index contributed by atoms with van der Waals surface area (Å²) in [7, 11) is 0. The topological polar surface area (TPSA) is 44.8 Å². The van der Waals surface area contributed by atoms with E-state index in [0.29, 0.717) is 36.9 Å². The molecule has 0 aliphatic carbocycles. The summed E-state index contributed by atoms with van der Waals surface area (Å²) < 4.78 is 16.5. The van der Waals surface area contributed by atoms with Crippen LogP contribution in [0.25, 0.3) is 0 Å². The molecular formula is C19H22O4. The van der Waals surface area contributed by atoms with Crippen molar-refractivity contribution in [3.05, 3.63) is 59.7 Å². The van der Waals surface area contributed by atoms with Gasteiger partial charge in [-0.15, -0.1) is 0 Å². The van der Waals surface area contributed by atoms with Gasteiger partial charge >= 0.3 is 0 Å². The summed E-state index contributed by atoms with van der Waals surface area (Å²) in [5.74, 6) is 1.09. The molecule has 2 aromatic carbocycles. The fraction of sp³-hybridized carbons (Fsp3) is 0.316. The lowest BCUT2D eigenvalue weighted by Crippen LogP contribution is -2.11. The highest BCUT2D eigenvalue weighted by atomic mass is 16.5. The van der Waals surface area contributed by atoms with Crippen LogP contribution >= 0.6 is 0 Å². The van der Waals surface area contributed by atoms with Crippen LogP contribution in [0.2, 0.25) is 0 Å². The molecule has 0 aromatic heterocycles. The zero-order valence-corrected chi connectivity index (χ0v) is 13.6. The minimum atomic E-state index is -0.120. The number of hydrogen-bond acceptors (Lipinski definition) is 4. The van der Waals surface area contributed by atoms with Gasteiger partial charge in [0, 0.05) is 0 Å². The average molecular weight is 314 g/mol. The van der Waals surface area contributed by atoms with Crippen LogP contribution in [0.5, 0.6) is 11.5 Å². The summed E-state index contributed by atoms with van der Waals surface area (Å²) in [6.45, 7) is 5.25. The molecular weight excluding hydrogens is 292 g/mol. The zero-order chi connectivity index (χ0) is 16.5. The largest absolute Gasteiger partial charge is 0.494 e. The zero-order valence-electron chi connectivity index (χ0n) is 13.6. The molecule has 4 heteroatoms. The Balaban J connectivity index is 2.02. The number of ketones is 1. The van der Waals surface area contributed by atoms with E-state index in [9.17, 15) is 4.79 Å². The highest BCUT2D eigenvalue weighted by Gasteiger charge is 2.14. The third-order valence-corrected chi connectivity index (χ3v) is 3.21. The third kappa shape index (κ3) is 5.11. The van der Waals surface area contributed by atoms with Crippen LogP contribution in [0.3, 0.4) is 0 Å². The number of carbonyl (C=O) groups is 1. The van der Waals surface area contributed by atoms with Crippen molar-refractivity contribution in [3.63, 3.8) is 0 Å². The van der Waals surface area contributed by atoms with Gasteiger partial charge in [0.25, 0.3) is 0 Å². The lowest BCUT2D eigenvalue weighted by Gasteiger charge is -2.12. The number of Topliss-reactive ketones (excluding diaryl/α,β-unsaturated/α-hetero) is 1. The standard InChI is InChI=1S/C19H22O4/c1-3-22-16-10-11-19(23-4-2)17(12-16)18(20)14-21-13-15-8-6-5-7-9-15/h5-12H,3-4,13-14H2,1-2H3. The smallest absolute Gasteiger partial charge is 0.192 e. The van der Waals surface area contributed by atoms with Crippen LogP contribution in [0.1, 0.15) is 29.8 Å². The number of hydrogen-bond donors (Lipinski definition) is 0. The normalized spacial score (nSPS) is 10.3. The van der Waals surface area contributed by atoms with Crippen molar-refractivity contribution in [1.82, 2.24) is 0 Å². The van der Waals surface area contributed by atoms with Crippen molar-refractivity contribution in [1.29, 1.82) is 0 Å². The molecule has 0 aliphatic rings. The molecule has 0 spiro atoms. The molecule has 0 atom stereocenters. The first-order valence-corrected chi connectivity index (χ1v) is 7.79. The lowest BCUT2D eigenvalue weighted by molar-refractivity contribution is 0.0722. The molecule has 0 radical (unpaired) electrons. The molecule has 0 saturated carbocycles. The van der Waals surface area contributed by atoms with Crippen LogP contribution in [-0.2, 0) is 11.3 Å². The SMILES string of the molecule is CCOc1ccc(OCC)c(C(=O)COCc2ccccc2)c1. The van der Waals surface area contributed by atoms with Crippen LogP contribution in [0, 0.1) is 0 Å². The van der Waals surface area contributed by atoms with Crippen molar-refractivity contribution in [2.45, 2.75) is 20.5 Å². The molecule has 0 bridgehead atoms. The second kappa shape index (κ2) is 8.96. The molecule has 2 aromatic rings. The summed E-state index contributed by atoms with van der Waals surface area (Å²) in [6.07, 6.45) is 0. The first-order valence-electron chi connectivity index (χ1n) is 7.79. The molecule has 0 unspecified atom stereocenters. The predicted octanol–water partition coefficient (Wildman–Crippen LogP) is 3.88. The summed E-state index contributed by atoms with van der Waals surface area (Å²) in [6, 6.07) is 15.0. The first kappa shape index (κ1) is 17.0. The predicted molar refractivity (Wildman–Crippen MR) is 89.2 cm³/mol. The Bertz CT molecular complexity index is 623. The molecule has 4 nitrogen and oxygen atoms in total. The molecule has 122 valence electrons. The highest BCUT2D eigenvalue weighted by molar-refractivity contribution is 6.00. The van der Waals surface area contributed by atoms with Gasteiger partial charge in [0.05, 0.1) is 25.4 Å². The van der Waals surface area contributed by atoms with Crippen LogP contribution in [0.15, 0.2) is 48.5 Å². The molecule has 0 fully saturated rings. The van der Waals surface area contributed by atoms with Crippen molar-refractivity contribution < 1.29 is 19.0 Å². The molecule has 2 rings (SSSR count). The monoisotopic (exact) mass is 314 g/mol. The summed E-state index contributed by atoms with van der Waals surface area (Å²) in [5, 5.41) is 0. The number of rotatable bonds is 9. The number of benzene rings is 2. The van der Waals surface area contributed by atoms with Gasteiger partial charge in [-0.25, -0.2) is 0 Å². The number of carbonyl (C=O) groups excluding carboxylic acids is 1. The van der Waals surface area contributed by atoms with E-state index in [1.165, 1.54) is 0 Å². The van der Waals surface area contributed by atoms with Crippen molar-refractivity contribution in [2.75, 3.05) is 19.8 Å². The van der Waals surface area contributed by atoms with E-state index in [0.717, 1.165) is 5.56 Å². The van der Waals surface area contributed by atoms with E-state index in [4.69, 9.17) is 14.2 Å². The highest BCUT2D eigenvalue weighted by Crippen LogP contribution is 2.25. The Kier molecular flexibility index (Phi) is 6.63. The average Bonchev–Trinajstić information content (AvgIpc) is 2.57. The molecule has 23 heavy (non-hydrogen) atoms. The van der Waals surface area contributed by atoms with Crippen LogP contribution in [0.4, 0.5) is 0 Å². The van der Waals surface area contributed by atoms with Crippen LogP contribution < -0.4 is 9.47 Å². The number of ether oxygens (including phenoxy) is 3. The Hall–Kier alpha value is -2.33. The Morgan fingerprint density at radius 2 is 1.70 bits per heavy atom. The Morgan fingerprint density at radius 1 is 0.957 bits per heavy atom. The van der Waals surface area contributed by atoms with E-state index in [1.807, 2.05) is 44.2 Å².